The minimum atomic E-state index is -0.541. The Morgan fingerprint density at radius 3 is 2.73 bits per heavy atom. The number of nitrogens with one attached hydrogen (secondary N) is 1. The van der Waals surface area contributed by atoms with Crippen molar-refractivity contribution < 1.29 is 13.9 Å². The highest BCUT2D eigenvalue weighted by atomic mass is 35.5. The number of benzene rings is 2. The smallest absolute Gasteiger partial charge is 0.262 e. The molecule has 0 bridgehead atoms. The summed E-state index contributed by atoms with van der Waals surface area (Å²) in [6.45, 7) is 3.89. The molecule has 0 spiro atoms. The first-order valence-electron chi connectivity index (χ1n) is 6.94. The van der Waals surface area contributed by atoms with Crippen molar-refractivity contribution in [2.45, 2.75) is 19.8 Å². The summed E-state index contributed by atoms with van der Waals surface area (Å²) in [5, 5.41) is 2.80. The maximum absolute atomic E-state index is 13.5. The molecule has 1 amide bonds. The van der Waals surface area contributed by atoms with Crippen molar-refractivity contribution in [3.8, 4) is 5.75 Å². The van der Waals surface area contributed by atoms with Gasteiger partial charge >= 0.3 is 0 Å². The van der Waals surface area contributed by atoms with Crippen molar-refractivity contribution in [1.82, 2.24) is 0 Å². The normalized spacial score (nSPS) is 10.6. The third-order valence-electron chi connectivity index (χ3n) is 3.10. The lowest BCUT2D eigenvalue weighted by Crippen LogP contribution is -2.21. The highest BCUT2D eigenvalue weighted by Gasteiger charge is 2.11. The van der Waals surface area contributed by atoms with Crippen molar-refractivity contribution in [3.63, 3.8) is 0 Å². The Bertz CT molecular complexity index is 673. The van der Waals surface area contributed by atoms with E-state index in [-0.39, 0.29) is 18.2 Å². The van der Waals surface area contributed by atoms with Gasteiger partial charge in [-0.25, -0.2) is 4.39 Å². The minimum Gasteiger partial charge on any atom is -0.483 e. The molecule has 0 aliphatic rings. The Hall–Kier alpha value is -2.07. The van der Waals surface area contributed by atoms with Crippen LogP contribution < -0.4 is 10.1 Å². The van der Waals surface area contributed by atoms with Crippen LogP contribution in [0.25, 0.3) is 0 Å². The molecular formula is C17H17ClFNO2. The fourth-order valence-electron chi connectivity index (χ4n) is 2.01. The van der Waals surface area contributed by atoms with Gasteiger partial charge in [0.2, 0.25) is 0 Å². The summed E-state index contributed by atoms with van der Waals surface area (Å²) in [7, 11) is 0. The molecule has 0 aliphatic heterocycles. The second-order valence-electron chi connectivity index (χ2n) is 5.15. The summed E-state index contributed by atoms with van der Waals surface area (Å²) in [6.07, 6.45) is 0. The molecule has 0 unspecified atom stereocenters. The molecule has 0 saturated heterocycles. The molecule has 0 aliphatic carbocycles. The predicted octanol–water partition coefficient (Wildman–Crippen LogP) is 4.62. The largest absolute Gasteiger partial charge is 0.483 e. The molecule has 1 N–H and O–H groups in total. The third kappa shape index (κ3) is 4.21. The van der Waals surface area contributed by atoms with Crippen LogP contribution in [0.3, 0.4) is 0 Å². The van der Waals surface area contributed by atoms with Crippen LogP contribution in [-0.4, -0.2) is 12.5 Å². The fraction of sp³-hybridized carbons (Fsp3) is 0.235. The molecule has 116 valence electrons. The molecule has 22 heavy (non-hydrogen) atoms. The van der Waals surface area contributed by atoms with Crippen LogP contribution >= 0.6 is 11.6 Å². The third-order valence-corrected chi connectivity index (χ3v) is 3.34. The molecule has 2 rings (SSSR count). The van der Waals surface area contributed by atoms with Crippen molar-refractivity contribution in [1.29, 1.82) is 0 Å². The number of hydrogen-bond donors (Lipinski definition) is 1. The second-order valence-corrected chi connectivity index (χ2v) is 5.59. The standard InChI is InChI=1S/C17H17ClFNO2/c1-11(2)13-5-3-4-6-16(13)22-10-17(21)20-15-9-12(18)7-8-14(15)19/h3-9,11H,10H2,1-2H3,(H,20,21). The van der Waals surface area contributed by atoms with E-state index in [1.807, 2.05) is 38.1 Å². The van der Waals surface area contributed by atoms with Gasteiger partial charge in [-0.3, -0.25) is 4.79 Å². The SMILES string of the molecule is CC(C)c1ccccc1OCC(=O)Nc1cc(Cl)ccc1F. The van der Waals surface area contributed by atoms with Gasteiger partial charge < -0.3 is 10.1 Å². The summed E-state index contributed by atoms with van der Waals surface area (Å²) in [4.78, 5) is 11.9. The lowest BCUT2D eigenvalue weighted by molar-refractivity contribution is -0.118. The average molecular weight is 322 g/mol. The van der Waals surface area contributed by atoms with Crippen LogP contribution in [0, 0.1) is 5.82 Å². The first-order valence-corrected chi connectivity index (χ1v) is 7.32. The van der Waals surface area contributed by atoms with Gasteiger partial charge in [0.25, 0.3) is 5.91 Å². The van der Waals surface area contributed by atoms with Gasteiger partial charge in [0, 0.05) is 5.02 Å². The van der Waals surface area contributed by atoms with Crippen molar-refractivity contribution in [3.05, 3.63) is 58.9 Å². The summed E-state index contributed by atoms with van der Waals surface area (Å²) < 4.78 is 19.1. The van der Waals surface area contributed by atoms with E-state index < -0.39 is 11.7 Å². The second kappa shape index (κ2) is 7.27. The van der Waals surface area contributed by atoms with Crippen LogP contribution in [0.4, 0.5) is 10.1 Å². The van der Waals surface area contributed by atoms with Gasteiger partial charge in [-0.05, 0) is 35.7 Å². The number of para-hydroxylation sites is 1. The Kier molecular flexibility index (Phi) is 5.39. The monoisotopic (exact) mass is 321 g/mol. The maximum atomic E-state index is 13.5. The number of carbonyl (C=O) groups is 1. The van der Waals surface area contributed by atoms with E-state index in [0.717, 1.165) is 5.56 Å². The number of hydrogen-bond acceptors (Lipinski definition) is 2. The van der Waals surface area contributed by atoms with E-state index in [4.69, 9.17) is 16.3 Å². The van der Waals surface area contributed by atoms with Crippen molar-refractivity contribution in [2.24, 2.45) is 0 Å². The van der Waals surface area contributed by atoms with E-state index in [0.29, 0.717) is 10.8 Å². The number of ether oxygens (including phenoxy) is 1. The summed E-state index contributed by atoms with van der Waals surface area (Å²) >= 11 is 5.78. The van der Waals surface area contributed by atoms with E-state index in [1.165, 1.54) is 18.2 Å². The number of rotatable bonds is 5. The van der Waals surface area contributed by atoms with Gasteiger partial charge in [-0.15, -0.1) is 0 Å². The summed E-state index contributed by atoms with van der Waals surface area (Å²) in [6, 6.07) is 11.5. The Balaban J connectivity index is 2.00. The first kappa shape index (κ1) is 16.3. The topological polar surface area (TPSA) is 38.3 Å². The molecule has 2 aromatic rings. The zero-order chi connectivity index (χ0) is 16.1. The molecule has 0 saturated carbocycles. The van der Waals surface area contributed by atoms with Crippen LogP contribution in [0.5, 0.6) is 5.75 Å². The fourth-order valence-corrected chi connectivity index (χ4v) is 2.18. The van der Waals surface area contributed by atoms with E-state index in [2.05, 4.69) is 5.32 Å². The van der Waals surface area contributed by atoms with Gasteiger partial charge in [-0.1, -0.05) is 43.6 Å². The lowest BCUT2D eigenvalue weighted by Gasteiger charge is -2.14. The number of anilines is 1. The zero-order valence-electron chi connectivity index (χ0n) is 12.4. The highest BCUT2D eigenvalue weighted by molar-refractivity contribution is 6.30. The molecule has 3 nitrogen and oxygen atoms in total. The molecule has 0 radical (unpaired) electrons. The van der Waals surface area contributed by atoms with E-state index in [9.17, 15) is 9.18 Å². The van der Waals surface area contributed by atoms with Crippen molar-refractivity contribution >= 4 is 23.2 Å². The van der Waals surface area contributed by atoms with Gasteiger partial charge in [0.1, 0.15) is 11.6 Å². The number of amides is 1. The first-order chi connectivity index (χ1) is 10.5. The molecule has 0 heterocycles. The van der Waals surface area contributed by atoms with Crippen LogP contribution in [-0.2, 0) is 4.79 Å². The van der Waals surface area contributed by atoms with Crippen LogP contribution in [0.15, 0.2) is 42.5 Å². The Morgan fingerprint density at radius 1 is 1.27 bits per heavy atom. The number of carbonyl (C=O) groups excluding carboxylic acids is 1. The minimum absolute atomic E-state index is 0.0400. The molecule has 0 atom stereocenters. The molecule has 0 aromatic heterocycles. The zero-order valence-corrected chi connectivity index (χ0v) is 13.2. The van der Waals surface area contributed by atoms with E-state index in [1.54, 1.807) is 0 Å². The Morgan fingerprint density at radius 2 is 2.00 bits per heavy atom. The summed E-state index contributed by atoms with van der Waals surface area (Å²) in [5.41, 5.74) is 1.06. The quantitative estimate of drug-likeness (QED) is 0.872. The van der Waals surface area contributed by atoms with Gasteiger partial charge in [-0.2, -0.15) is 0 Å². The van der Waals surface area contributed by atoms with Crippen LogP contribution in [0.2, 0.25) is 5.02 Å². The summed E-state index contributed by atoms with van der Waals surface area (Å²) in [5.74, 6) is -0.0519. The lowest BCUT2D eigenvalue weighted by atomic mass is 10.0. The van der Waals surface area contributed by atoms with Gasteiger partial charge in [0.05, 0.1) is 5.69 Å². The average Bonchev–Trinajstić information content (AvgIpc) is 2.49. The van der Waals surface area contributed by atoms with Gasteiger partial charge in [0.15, 0.2) is 6.61 Å². The Labute approximate surface area is 134 Å². The molecule has 0 fully saturated rings. The van der Waals surface area contributed by atoms with Crippen LogP contribution in [0.1, 0.15) is 25.3 Å². The predicted molar refractivity (Wildman–Crippen MR) is 86.1 cm³/mol. The molecular weight excluding hydrogens is 305 g/mol. The molecule has 5 heteroatoms. The molecule has 2 aromatic carbocycles. The highest BCUT2D eigenvalue weighted by Crippen LogP contribution is 2.26. The van der Waals surface area contributed by atoms with E-state index >= 15 is 0 Å². The number of halogens is 2. The maximum Gasteiger partial charge on any atom is 0.262 e. The van der Waals surface area contributed by atoms with Crippen molar-refractivity contribution in [2.75, 3.05) is 11.9 Å².